The van der Waals surface area contributed by atoms with Crippen LogP contribution in [0, 0.1) is 13.8 Å². The lowest BCUT2D eigenvalue weighted by Crippen LogP contribution is -2.20. The van der Waals surface area contributed by atoms with Gasteiger partial charge >= 0.3 is 0 Å². The van der Waals surface area contributed by atoms with E-state index in [4.69, 9.17) is 4.74 Å². The van der Waals surface area contributed by atoms with Crippen molar-refractivity contribution in [3.63, 3.8) is 0 Å². The highest BCUT2D eigenvalue weighted by Crippen LogP contribution is 2.16. The van der Waals surface area contributed by atoms with E-state index in [2.05, 4.69) is 9.93 Å². The number of aryl methyl sites for hydroxylation is 2. The molecule has 0 amide bonds. The quantitative estimate of drug-likeness (QED) is 0.644. The Morgan fingerprint density at radius 1 is 1.08 bits per heavy atom. The van der Waals surface area contributed by atoms with E-state index in [-0.39, 0.29) is 4.90 Å². The molecule has 0 aliphatic heterocycles. The zero-order chi connectivity index (χ0) is 17.7. The summed E-state index contributed by atoms with van der Waals surface area (Å²) < 4.78 is 29.9. The Morgan fingerprint density at radius 2 is 1.75 bits per heavy atom. The van der Waals surface area contributed by atoms with Crippen LogP contribution in [-0.4, -0.2) is 20.7 Å². The molecule has 24 heavy (non-hydrogen) atoms. The fourth-order valence-corrected chi connectivity index (χ4v) is 2.95. The van der Waals surface area contributed by atoms with Gasteiger partial charge in [0, 0.05) is 0 Å². The number of hydrogen-bond donors (Lipinski definition) is 1. The Hall–Kier alpha value is -2.34. The van der Waals surface area contributed by atoms with E-state index < -0.39 is 10.0 Å². The maximum Gasteiger partial charge on any atom is 0.276 e. The molecule has 6 heteroatoms. The van der Waals surface area contributed by atoms with Gasteiger partial charge in [-0.3, -0.25) is 0 Å². The van der Waals surface area contributed by atoms with Crippen LogP contribution in [0.3, 0.4) is 0 Å². The van der Waals surface area contributed by atoms with E-state index in [1.165, 1.54) is 17.7 Å². The van der Waals surface area contributed by atoms with E-state index >= 15 is 0 Å². The van der Waals surface area contributed by atoms with Crippen LogP contribution < -0.4 is 9.57 Å². The van der Waals surface area contributed by atoms with Gasteiger partial charge in [-0.25, -0.2) is 0 Å². The molecule has 128 valence electrons. The minimum Gasteiger partial charge on any atom is -0.494 e. The largest absolute Gasteiger partial charge is 0.494 e. The average molecular weight is 346 g/mol. The van der Waals surface area contributed by atoms with Crippen LogP contribution >= 0.6 is 0 Å². The molecule has 0 aromatic heterocycles. The lowest BCUT2D eigenvalue weighted by atomic mass is 10.0. The van der Waals surface area contributed by atoms with Gasteiger partial charge in [-0.2, -0.15) is 18.4 Å². The molecule has 0 saturated heterocycles. The first-order valence-electron chi connectivity index (χ1n) is 7.70. The van der Waals surface area contributed by atoms with Crippen molar-refractivity contribution < 1.29 is 13.2 Å². The molecule has 0 atom stereocenters. The van der Waals surface area contributed by atoms with Crippen LogP contribution in [0.25, 0.3) is 0 Å². The second-order valence-corrected chi connectivity index (χ2v) is 7.16. The second kappa shape index (κ2) is 7.49. The van der Waals surface area contributed by atoms with E-state index in [0.29, 0.717) is 18.1 Å². The summed E-state index contributed by atoms with van der Waals surface area (Å²) in [5, 5.41) is 4.02. The number of rotatable bonds is 6. The number of ether oxygens (including phenoxy) is 1. The van der Waals surface area contributed by atoms with Crippen LogP contribution in [0.4, 0.5) is 0 Å². The molecule has 2 rings (SSSR count). The number of sulfonamides is 1. The minimum atomic E-state index is -3.71. The highest BCUT2D eigenvalue weighted by atomic mass is 32.2. The third kappa shape index (κ3) is 4.35. The molecule has 0 heterocycles. The van der Waals surface area contributed by atoms with Crippen molar-refractivity contribution in [1.29, 1.82) is 0 Å². The van der Waals surface area contributed by atoms with Crippen molar-refractivity contribution in [2.75, 3.05) is 6.61 Å². The Kier molecular flexibility index (Phi) is 5.62. The van der Waals surface area contributed by atoms with E-state index in [9.17, 15) is 8.42 Å². The maximum atomic E-state index is 12.3. The second-order valence-electron chi connectivity index (χ2n) is 5.50. The van der Waals surface area contributed by atoms with Gasteiger partial charge in [0.25, 0.3) is 10.0 Å². The molecule has 0 aliphatic rings. The number of hydrazone groups is 1. The number of nitrogens with one attached hydrogen (secondary N) is 1. The van der Waals surface area contributed by atoms with Gasteiger partial charge in [0.2, 0.25) is 0 Å². The SMILES string of the molecule is CCOc1ccc(S(=O)(=O)NN=C(C)c2ccc(C)c(C)c2)cc1. The first-order chi connectivity index (χ1) is 11.3. The molecule has 1 N–H and O–H groups in total. The summed E-state index contributed by atoms with van der Waals surface area (Å²) in [6, 6.07) is 12.1. The van der Waals surface area contributed by atoms with E-state index in [0.717, 1.165) is 11.1 Å². The van der Waals surface area contributed by atoms with Crippen LogP contribution in [-0.2, 0) is 10.0 Å². The number of hydrogen-bond acceptors (Lipinski definition) is 4. The first-order valence-corrected chi connectivity index (χ1v) is 9.18. The summed E-state index contributed by atoms with van der Waals surface area (Å²) >= 11 is 0. The highest BCUT2D eigenvalue weighted by Gasteiger charge is 2.13. The predicted octanol–water partition coefficient (Wildman–Crippen LogP) is 3.40. The molecule has 5 nitrogen and oxygen atoms in total. The van der Waals surface area contributed by atoms with Gasteiger partial charge < -0.3 is 4.74 Å². The number of benzene rings is 2. The van der Waals surface area contributed by atoms with Gasteiger partial charge in [-0.1, -0.05) is 12.1 Å². The summed E-state index contributed by atoms with van der Waals surface area (Å²) in [5.74, 6) is 0.631. The van der Waals surface area contributed by atoms with Crippen molar-refractivity contribution in [3.05, 3.63) is 59.2 Å². The van der Waals surface area contributed by atoms with Gasteiger partial charge in [-0.05, 0) is 74.7 Å². The number of nitrogens with zero attached hydrogens (tertiary/aromatic N) is 1. The van der Waals surface area contributed by atoms with E-state index in [1.54, 1.807) is 19.1 Å². The van der Waals surface area contributed by atoms with Crippen LogP contribution in [0.15, 0.2) is 52.5 Å². The van der Waals surface area contributed by atoms with Crippen LogP contribution in [0.2, 0.25) is 0 Å². The van der Waals surface area contributed by atoms with Gasteiger partial charge in [0.05, 0.1) is 17.2 Å². The summed E-state index contributed by atoms with van der Waals surface area (Å²) in [5.41, 5.74) is 3.80. The first kappa shape index (κ1) is 18.0. The van der Waals surface area contributed by atoms with Crippen molar-refractivity contribution in [2.24, 2.45) is 5.10 Å². The molecule has 0 unspecified atom stereocenters. The Balaban J connectivity index is 2.17. The van der Waals surface area contributed by atoms with Gasteiger partial charge in [0.1, 0.15) is 5.75 Å². The Bertz CT molecular complexity index is 841. The molecular formula is C18H22N2O3S. The molecule has 0 radical (unpaired) electrons. The molecular weight excluding hydrogens is 324 g/mol. The third-order valence-electron chi connectivity index (χ3n) is 3.70. The third-order valence-corrected chi connectivity index (χ3v) is 4.93. The topological polar surface area (TPSA) is 67.8 Å². The maximum absolute atomic E-state index is 12.3. The lowest BCUT2D eigenvalue weighted by molar-refractivity contribution is 0.340. The molecule has 0 spiro atoms. The Morgan fingerprint density at radius 3 is 2.33 bits per heavy atom. The summed E-state index contributed by atoms with van der Waals surface area (Å²) in [6.07, 6.45) is 0. The van der Waals surface area contributed by atoms with Gasteiger partial charge in [0.15, 0.2) is 0 Å². The highest BCUT2D eigenvalue weighted by molar-refractivity contribution is 7.89. The monoisotopic (exact) mass is 346 g/mol. The van der Waals surface area contributed by atoms with Gasteiger partial charge in [-0.15, -0.1) is 0 Å². The summed E-state index contributed by atoms with van der Waals surface area (Å²) in [7, 11) is -3.71. The van der Waals surface area contributed by atoms with Crippen molar-refractivity contribution in [2.45, 2.75) is 32.6 Å². The molecule has 0 bridgehead atoms. The minimum absolute atomic E-state index is 0.141. The lowest BCUT2D eigenvalue weighted by Gasteiger charge is -2.08. The molecule has 0 saturated carbocycles. The molecule has 0 fully saturated rings. The van der Waals surface area contributed by atoms with Crippen molar-refractivity contribution >= 4 is 15.7 Å². The molecule has 0 aliphatic carbocycles. The normalized spacial score (nSPS) is 12.1. The Labute approximate surface area is 143 Å². The zero-order valence-corrected chi connectivity index (χ0v) is 15.1. The fourth-order valence-electron chi connectivity index (χ4n) is 2.09. The zero-order valence-electron chi connectivity index (χ0n) is 14.3. The van der Waals surface area contributed by atoms with Crippen LogP contribution in [0.5, 0.6) is 5.75 Å². The average Bonchev–Trinajstić information content (AvgIpc) is 2.56. The van der Waals surface area contributed by atoms with E-state index in [1.807, 2.05) is 39.0 Å². The van der Waals surface area contributed by atoms with Crippen LogP contribution in [0.1, 0.15) is 30.5 Å². The summed E-state index contributed by atoms with van der Waals surface area (Å²) in [4.78, 5) is 2.42. The summed E-state index contributed by atoms with van der Waals surface area (Å²) in [6.45, 7) is 8.21. The standard InChI is InChI=1S/C18H22N2O3S/c1-5-23-17-8-10-18(11-9-17)24(21,22)20-19-15(4)16-7-6-13(2)14(3)12-16/h6-12,20H,5H2,1-4H3. The van der Waals surface area contributed by atoms with Crippen molar-refractivity contribution in [1.82, 2.24) is 4.83 Å². The predicted molar refractivity (Wildman–Crippen MR) is 96.1 cm³/mol. The van der Waals surface area contributed by atoms with Crippen molar-refractivity contribution in [3.8, 4) is 5.75 Å². The smallest absolute Gasteiger partial charge is 0.276 e. The fraction of sp³-hybridized carbons (Fsp3) is 0.278. The molecule has 2 aromatic carbocycles. The molecule has 2 aromatic rings.